The Morgan fingerprint density at radius 1 is 1.19 bits per heavy atom. The highest BCUT2D eigenvalue weighted by Gasteiger charge is 2.24. The molecule has 0 bridgehead atoms. The van der Waals surface area contributed by atoms with Crippen LogP contribution in [0.25, 0.3) is 0 Å². The summed E-state index contributed by atoms with van der Waals surface area (Å²) in [6, 6.07) is 1.53. The molecule has 0 aliphatic heterocycles. The molecule has 0 spiro atoms. The van der Waals surface area contributed by atoms with Gasteiger partial charge in [0, 0.05) is 5.56 Å². The number of benzene rings is 1. The molecule has 0 saturated carbocycles. The van der Waals surface area contributed by atoms with Crippen LogP contribution in [-0.4, -0.2) is 51.9 Å². The minimum absolute atomic E-state index is 0.00948. The Bertz CT molecular complexity index is 775. The molecule has 0 saturated heterocycles. The van der Waals surface area contributed by atoms with Gasteiger partial charge in [0.05, 0.1) is 26.2 Å². The molecule has 26 heavy (non-hydrogen) atoms. The van der Waals surface area contributed by atoms with Crippen LogP contribution in [-0.2, 0) is 14.8 Å². The lowest BCUT2D eigenvalue weighted by molar-refractivity contribution is -0.139. The van der Waals surface area contributed by atoms with E-state index in [1.165, 1.54) is 26.4 Å². The van der Waals surface area contributed by atoms with Gasteiger partial charge >= 0.3 is 5.97 Å². The van der Waals surface area contributed by atoms with Crippen LogP contribution in [0.5, 0.6) is 11.5 Å². The first kappa shape index (κ1) is 21.6. The largest absolute Gasteiger partial charge is 0.493 e. The van der Waals surface area contributed by atoms with E-state index in [9.17, 15) is 23.1 Å². The van der Waals surface area contributed by atoms with Crippen LogP contribution in [0.4, 0.5) is 5.69 Å². The summed E-state index contributed by atoms with van der Waals surface area (Å²) in [4.78, 5) is 23.8. The normalized spacial score (nSPS) is 12.4. The van der Waals surface area contributed by atoms with Crippen LogP contribution in [0.15, 0.2) is 12.1 Å². The summed E-state index contributed by atoms with van der Waals surface area (Å²) >= 11 is 0. The molecule has 1 aromatic carbocycles. The fourth-order valence-electron chi connectivity index (χ4n) is 2.31. The SMILES string of the molecule is COc1cc(C(=O)N[C@@H](CC(C)C)C(=O)O)cc(NS(C)(=O)=O)c1OC. The van der Waals surface area contributed by atoms with Gasteiger partial charge in [-0.25, -0.2) is 13.2 Å². The smallest absolute Gasteiger partial charge is 0.326 e. The van der Waals surface area contributed by atoms with Gasteiger partial charge in [-0.2, -0.15) is 0 Å². The van der Waals surface area contributed by atoms with Gasteiger partial charge in [-0.05, 0) is 24.5 Å². The van der Waals surface area contributed by atoms with E-state index in [4.69, 9.17) is 9.47 Å². The molecule has 146 valence electrons. The van der Waals surface area contributed by atoms with E-state index in [2.05, 4.69) is 10.0 Å². The fraction of sp³-hybridized carbons (Fsp3) is 0.500. The molecule has 0 aromatic heterocycles. The third-order valence-electron chi connectivity index (χ3n) is 3.35. The maximum atomic E-state index is 12.5. The van der Waals surface area contributed by atoms with Crippen molar-refractivity contribution in [3.05, 3.63) is 17.7 Å². The number of rotatable bonds is 9. The van der Waals surface area contributed by atoms with Gasteiger partial charge in [0.25, 0.3) is 5.91 Å². The van der Waals surface area contributed by atoms with Gasteiger partial charge < -0.3 is 19.9 Å². The van der Waals surface area contributed by atoms with Gasteiger partial charge in [0.15, 0.2) is 11.5 Å². The third-order valence-corrected chi connectivity index (χ3v) is 3.94. The Hall–Kier alpha value is -2.49. The van der Waals surface area contributed by atoms with Gasteiger partial charge in [0.1, 0.15) is 6.04 Å². The second kappa shape index (κ2) is 8.75. The van der Waals surface area contributed by atoms with Crippen LogP contribution < -0.4 is 19.5 Å². The Labute approximate surface area is 152 Å². The number of hydrogen-bond acceptors (Lipinski definition) is 6. The number of nitrogens with one attached hydrogen (secondary N) is 2. The molecule has 1 aromatic rings. The first-order valence-corrected chi connectivity index (χ1v) is 9.65. The molecule has 0 fully saturated rings. The van der Waals surface area contributed by atoms with Crippen LogP contribution in [0.1, 0.15) is 30.6 Å². The number of ether oxygens (including phenoxy) is 2. The van der Waals surface area contributed by atoms with Crippen molar-refractivity contribution in [1.29, 1.82) is 0 Å². The van der Waals surface area contributed by atoms with E-state index in [0.717, 1.165) is 6.26 Å². The highest BCUT2D eigenvalue weighted by molar-refractivity contribution is 7.92. The van der Waals surface area contributed by atoms with Crippen molar-refractivity contribution in [2.24, 2.45) is 5.92 Å². The predicted molar refractivity (Wildman–Crippen MR) is 96.4 cm³/mol. The first-order chi connectivity index (χ1) is 12.0. The lowest BCUT2D eigenvalue weighted by Crippen LogP contribution is -2.41. The summed E-state index contributed by atoms with van der Waals surface area (Å²) in [5.41, 5.74) is 0.0408. The number of carbonyl (C=O) groups excluding carboxylic acids is 1. The number of amides is 1. The molecule has 1 amide bonds. The van der Waals surface area contributed by atoms with Gasteiger partial charge in [-0.1, -0.05) is 13.8 Å². The number of carbonyl (C=O) groups is 2. The van der Waals surface area contributed by atoms with Gasteiger partial charge in [0.2, 0.25) is 10.0 Å². The summed E-state index contributed by atoms with van der Waals surface area (Å²) in [6.07, 6.45) is 1.21. The van der Waals surface area contributed by atoms with Crippen molar-refractivity contribution in [3.8, 4) is 11.5 Å². The zero-order chi connectivity index (χ0) is 20.1. The minimum atomic E-state index is -3.64. The summed E-state index contributed by atoms with van der Waals surface area (Å²) < 4.78 is 35.6. The zero-order valence-electron chi connectivity index (χ0n) is 15.3. The summed E-state index contributed by atoms with van der Waals surface area (Å²) in [5, 5.41) is 11.7. The van der Waals surface area contributed by atoms with Crippen LogP contribution in [0, 0.1) is 5.92 Å². The van der Waals surface area contributed by atoms with E-state index in [-0.39, 0.29) is 35.1 Å². The summed E-state index contributed by atoms with van der Waals surface area (Å²) in [6.45, 7) is 3.68. The van der Waals surface area contributed by atoms with E-state index in [0.29, 0.717) is 0 Å². The van der Waals surface area contributed by atoms with E-state index >= 15 is 0 Å². The molecular formula is C16H24N2O7S. The molecule has 0 radical (unpaired) electrons. The number of methoxy groups -OCH3 is 2. The van der Waals surface area contributed by atoms with Crippen molar-refractivity contribution in [1.82, 2.24) is 5.32 Å². The quantitative estimate of drug-likeness (QED) is 0.581. The van der Waals surface area contributed by atoms with Crippen LogP contribution >= 0.6 is 0 Å². The second-order valence-corrected chi connectivity index (χ2v) is 7.88. The Balaban J connectivity index is 3.28. The fourth-order valence-corrected chi connectivity index (χ4v) is 2.86. The molecule has 3 N–H and O–H groups in total. The van der Waals surface area contributed by atoms with Crippen LogP contribution in [0.2, 0.25) is 0 Å². The molecule has 0 aliphatic carbocycles. The monoisotopic (exact) mass is 388 g/mol. The van der Waals surface area contributed by atoms with Crippen molar-refractivity contribution < 1.29 is 32.6 Å². The lowest BCUT2D eigenvalue weighted by atomic mass is 10.0. The average Bonchev–Trinajstić information content (AvgIpc) is 2.51. The summed E-state index contributed by atoms with van der Waals surface area (Å²) in [5.74, 6) is -1.53. The molecule has 1 rings (SSSR count). The lowest BCUT2D eigenvalue weighted by Gasteiger charge is -2.18. The molecule has 10 heteroatoms. The van der Waals surface area contributed by atoms with Crippen molar-refractivity contribution >= 4 is 27.6 Å². The molecular weight excluding hydrogens is 364 g/mol. The topological polar surface area (TPSA) is 131 Å². The van der Waals surface area contributed by atoms with Crippen molar-refractivity contribution in [2.45, 2.75) is 26.3 Å². The Morgan fingerprint density at radius 2 is 1.81 bits per heavy atom. The Morgan fingerprint density at radius 3 is 2.23 bits per heavy atom. The zero-order valence-corrected chi connectivity index (χ0v) is 16.1. The van der Waals surface area contributed by atoms with E-state index in [1.54, 1.807) is 0 Å². The predicted octanol–water partition coefficient (Wildman–Crippen LogP) is 1.30. The molecule has 0 unspecified atom stereocenters. The second-order valence-electron chi connectivity index (χ2n) is 6.13. The maximum Gasteiger partial charge on any atom is 0.326 e. The molecule has 9 nitrogen and oxygen atoms in total. The molecule has 0 heterocycles. The Kier molecular flexibility index (Phi) is 7.25. The average molecular weight is 388 g/mol. The molecule has 1 atom stereocenters. The first-order valence-electron chi connectivity index (χ1n) is 7.76. The standard InChI is InChI=1S/C16H24N2O7S/c1-9(2)6-12(16(20)21)17-15(19)10-7-11(18-26(5,22)23)14(25-4)13(8-10)24-3/h7-9,12,18H,6H2,1-5H3,(H,17,19)(H,20,21)/t12-/m0/s1. The van der Waals surface area contributed by atoms with Crippen molar-refractivity contribution in [3.63, 3.8) is 0 Å². The third kappa shape index (κ3) is 6.10. The van der Waals surface area contributed by atoms with Gasteiger partial charge in [-0.3, -0.25) is 9.52 Å². The van der Waals surface area contributed by atoms with E-state index in [1.807, 2.05) is 13.8 Å². The summed E-state index contributed by atoms with van der Waals surface area (Å²) in [7, 11) is -0.978. The highest BCUT2D eigenvalue weighted by Crippen LogP contribution is 2.37. The van der Waals surface area contributed by atoms with E-state index < -0.39 is 27.9 Å². The van der Waals surface area contributed by atoms with Crippen molar-refractivity contribution in [2.75, 3.05) is 25.2 Å². The number of carboxylic acids is 1. The minimum Gasteiger partial charge on any atom is -0.493 e. The highest BCUT2D eigenvalue weighted by atomic mass is 32.2. The van der Waals surface area contributed by atoms with Crippen LogP contribution in [0.3, 0.4) is 0 Å². The van der Waals surface area contributed by atoms with Gasteiger partial charge in [-0.15, -0.1) is 0 Å². The molecule has 0 aliphatic rings. The number of anilines is 1. The maximum absolute atomic E-state index is 12.5. The number of aliphatic carboxylic acids is 1. The number of sulfonamides is 1. The number of carboxylic acid groups (broad SMARTS) is 1. The number of hydrogen-bond donors (Lipinski definition) is 3.